The van der Waals surface area contributed by atoms with Crippen molar-refractivity contribution in [1.82, 2.24) is 0 Å². The van der Waals surface area contributed by atoms with E-state index in [-0.39, 0.29) is 0 Å². The first kappa shape index (κ1) is 10.3. The van der Waals surface area contributed by atoms with Crippen molar-refractivity contribution in [2.75, 3.05) is 6.54 Å². The Labute approximate surface area is 81.0 Å². The van der Waals surface area contributed by atoms with Crippen LogP contribution in [-0.4, -0.2) is 6.54 Å². The minimum absolute atomic E-state index is 0.476. The summed E-state index contributed by atoms with van der Waals surface area (Å²) in [5.41, 5.74) is 9.81. The predicted octanol–water partition coefficient (Wildman–Crippen LogP) is 2.62. The van der Waals surface area contributed by atoms with Crippen LogP contribution in [0.5, 0.6) is 0 Å². The van der Waals surface area contributed by atoms with Gasteiger partial charge in [-0.1, -0.05) is 32.0 Å². The van der Waals surface area contributed by atoms with Crippen LogP contribution in [0.1, 0.15) is 36.5 Å². The van der Waals surface area contributed by atoms with E-state index in [0.29, 0.717) is 5.92 Å². The summed E-state index contributed by atoms with van der Waals surface area (Å²) in [7, 11) is 0. The highest BCUT2D eigenvalue weighted by atomic mass is 14.5. The molecule has 0 amide bonds. The van der Waals surface area contributed by atoms with Crippen molar-refractivity contribution in [1.29, 1.82) is 0 Å². The zero-order valence-corrected chi connectivity index (χ0v) is 8.80. The van der Waals surface area contributed by atoms with Crippen LogP contribution in [0.4, 0.5) is 0 Å². The van der Waals surface area contributed by atoms with Crippen LogP contribution >= 0.6 is 0 Å². The second kappa shape index (κ2) is 4.43. The molecule has 0 fully saturated rings. The highest BCUT2D eigenvalue weighted by molar-refractivity contribution is 5.32. The molecule has 0 radical (unpaired) electrons. The lowest BCUT2D eigenvalue weighted by Crippen LogP contribution is -2.09. The maximum Gasteiger partial charge on any atom is -0.00109 e. The Hall–Kier alpha value is -0.820. The van der Waals surface area contributed by atoms with Gasteiger partial charge in [0.1, 0.15) is 0 Å². The molecule has 0 aromatic heterocycles. The van der Waals surface area contributed by atoms with Gasteiger partial charge in [-0.05, 0) is 42.5 Å². The molecule has 0 aliphatic rings. The molecule has 0 aliphatic carbocycles. The molecule has 0 aliphatic heterocycles. The van der Waals surface area contributed by atoms with E-state index in [1.165, 1.54) is 16.7 Å². The van der Waals surface area contributed by atoms with Crippen LogP contribution < -0.4 is 5.73 Å². The van der Waals surface area contributed by atoms with E-state index in [2.05, 4.69) is 39.0 Å². The molecule has 1 aromatic carbocycles. The predicted molar refractivity (Wildman–Crippen MR) is 58.0 cm³/mol. The zero-order chi connectivity index (χ0) is 9.84. The lowest BCUT2D eigenvalue weighted by Gasteiger charge is -2.11. The van der Waals surface area contributed by atoms with Crippen LogP contribution in [0, 0.1) is 6.92 Å². The van der Waals surface area contributed by atoms with Crippen molar-refractivity contribution in [2.45, 2.75) is 33.1 Å². The lowest BCUT2D eigenvalue weighted by molar-refractivity contribution is 0.772. The topological polar surface area (TPSA) is 26.0 Å². The fourth-order valence-electron chi connectivity index (χ4n) is 1.56. The number of rotatable bonds is 3. The first-order valence-electron chi connectivity index (χ1n) is 4.98. The van der Waals surface area contributed by atoms with E-state index in [4.69, 9.17) is 5.73 Å². The van der Waals surface area contributed by atoms with Gasteiger partial charge in [0.05, 0.1) is 0 Å². The Morgan fingerprint density at radius 3 is 2.54 bits per heavy atom. The maximum atomic E-state index is 5.62. The summed E-state index contributed by atoms with van der Waals surface area (Å²) < 4.78 is 0. The fraction of sp³-hybridized carbons (Fsp3) is 0.500. The molecule has 13 heavy (non-hydrogen) atoms. The van der Waals surface area contributed by atoms with Gasteiger partial charge in [0.2, 0.25) is 0 Å². The van der Waals surface area contributed by atoms with Crippen molar-refractivity contribution in [3.05, 3.63) is 34.9 Å². The second-order valence-corrected chi connectivity index (χ2v) is 3.68. The smallest absolute Gasteiger partial charge is 0.00109 e. The number of hydrogen-bond donors (Lipinski definition) is 1. The van der Waals surface area contributed by atoms with Gasteiger partial charge < -0.3 is 5.73 Å². The molecular formula is C12H19N. The van der Waals surface area contributed by atoms with Crippen molar-refractivity contribution < 1.29 is 0 Å². The number of aryl methyl sites for hydroxylation is 2. The summed E-state index contributed by atoms with van der Waals surface area (Å²) in [6.07, 6.45) is 1.11. The summed E-state index contributed by atoms with van der Waals surface area (Å²) in [4.78, 5) is 0. The Balaban J connectivity index is 2.95. The van der Waals surface area contributed by atoms with Crippen LogP contribution in [0.2, 0.25) is 0 Å². The van der Waals surface area contributed by atoms with Crippen LogP contribution in [0.25, 0.3) is 0 Å². The molecule has 72 valence electrons. The average molecular weight is 177 g/mol. The summed E-state index contributed by atoms with van der Waals surface area (Å²) in [6.45, 7) is 7.26. The van der Waals surface area contributed by atoms with Gasteiger partial charge >= 0.3 is 0 Å². The molecule has 1 unspecified atom stereocenters. The fourth-order valence-corrected chi connectivity index (χ4v) is 1.56. The first-order valence-corrected chi connectivity index (χ1v) is 4.98. The van der Waals surface area contributed by atoms with Gasteiger partial charge in [-0.25, -0.2) is 0 Å². The highest BCUT2D eigenvalue weighted by Gasteiger charge is 2.04. The van der Waals surface area contributed by atoms with Gasteiger partial charge in [-0.3, -0.25) is 0 Å². The normalized spacial score (nSPS) is 12.9. The molecular weight excluding hydrogens is 158 g/mol. The lowest BCUT2D eigenvalue weighted by atomic mass is 9.96. The monoisotopic (exact) mass is 177 g/mol. The molecule has 0 saturated carbocycles. The largest absolute Gasteiger partial charge is 0.330 e. The highest BCUT2D eigenvalue weighted by Crippen LogP contribution is 2.18. The van der Waals surface area contributed by atoms with Gasteiger partial charge in [0.15, 0.2) is 0 Å². The number of hydrogen-bond acceptors (Lipinski definition) is 1. The number of benzene rings is 1. The molecule has 1 atom stereocenters. The van der Waals surface area contributed by atoms with E-state index in [1.54, 1.807) is 0 Å². The summed E-state index contributed by atoms with van der Waals surface area (Å²) in [5.74, 6) is 0.476. The quantitative estimate of drug-likeness (QED) is 0.754. The molecule has 1 aromatic rings. The van der Waals surface area contributed by atoms with Crippen molar-refractivity contribution in [3.8, 4) is 0 Å². The van der Waals surface area contributed by atoms with Gasteiger partial charge in [-0.15, -0.1) is 0 Å². The standard InChI is InChI=1S/C12H19N/c1-4-11-5-6-12(7-9(11)2)10(3)8-13/h5-7,10H,4,8,13H2,1-3H3. The minimum atomic E-state index is 0.476. The average Bonchev–Trinajstić information content (AvgIpc) is 2.16. The molecule has 0 bridgehead atoms. The van der Waals surface area contributed by atoms with Crippen LogP contribution in [-0.2, 0) is 6.42 Å². The summed E-state index contributed by atoms with van der Waals surface area (Å²) in [6, 6.07) is 6.68. The number of nitrogens with two attached hydrogens (primary N) is 1. The third kappa shape index (κ3) is 2.31. The SMILES string of the molecule is CCc1ccc(C(C)CN)cc1C. The third-order valence-electron chi connectivity index (χ3n) is 2.67. The second-order valence-electron chi connectivity index (χ2n) is 3.68. The Morgan fingerprint density at radius 2 is 2.08 bits per heavy atom. The van der Waals surface area contributed by atoms with E-state index in [1.807, 2.05) is 0 Å². The van der Waals surface area contributed by atoms with E-state index in [9.17, 15) is 0 Å². The molecule has 0 spiro atoms. The molecule has 1 nitrogen and oxygen atoms in total. The van der Waals surface area contributed by atoms with E-state index in [0.717, 1.165) is 13.0 Å². The summed E-state index contributed by atoms with van der Waals surface area (Å²) in [5, 5.41) is 0. The third-order valence-corrected chi connectivity index (χ3v) is 2.67. The van der Waals surface area contributed by atoms with Gasteiger partial charge in [-0.2, -0.15) is 0 Å². The van der Waals surface area contributed by atoms with Crippen LogP contribution in [0.3, 0.4) is 0 Å². The van der Waals surface area contributed by atoms with Gasteiger partial charge in [0, 0.05) is 0 Å². The Morgan fingerprint density at radius 1 is 1.38 bits per heavy atom. The molecule has 0 heterocycles. The van der Waals surface area contributed by atoms with E-state index >= 15 is 0 Å². The van der Waals surface area contributed by atoms with E-state index < -0.39 is 0 Å². The Kier molecular flexibility index (Phi) is 3.49. The molecule has 2 N–H and O–H groups in total. The molecule has 1 rings (SSSR count). The minimum Gasteiger partial charge on any atom is -0.330 e. The maximum absolute atomic E-state index is 5.62. The van der Waals surface area contributed by atoms with Crippen molar-refractivity contribution >= 4 is 0 Å². The zero-order valence-electron chi connectivity index (χ0n) is 8.80. The van der Waals surface area contributed by atoms with Crippen LogP contribution in [0.15, 0.2) is 18.2 Å². The molecule has 1 heteroatoms. The summed E-state index contributed by atoms with van der Waals surface area (Å²) >= 11 is 0. The molecule has 0 saturated heterocycles. The van der Waals surface area contributed by atoms with Crippen molar-refractivity contribution in [2.24, 2.45) is 5.73 Å². The van der Waals surface area contributed by atoms with Crippen molar-refractivity contribution in [3.63, 3.8) is 0 Å². The van der Waals surface area contributed by atoms with Gasteiger partial charge in [0.25, 0.3) is 0 Å². The Bertz CT molecular complexity index is 278. The first-order chi connectivity index (χ1) is 6.19.